The maximum atomic E-state index is 12.1. The summed E-state index contributed by atoms with van der Waals surface area (Å²) in [5.74, 6) is -3.00. The highest BCUT2D eigenvalue weighted by molar-refractivity contribution is 5.82. The van der Waals surface area contributed by atoms with Crippen molar-refractivity contribution in [1.29, 1.82) is 0 Å². The first-order valence-electron chi connectivity index (χ1n) is 5.54. The number of carbonyl (C=O) groups excluding carboxylic acids is 1. The Labute approximate surface area is 104 Å². The fourth-order valence-corrected chi connectivity index (χ4v) is 1.42. The normalized spacial score (nSPS) is 14.1. The lowest BCUT2D eigenvalue weighted by Crippen LogP contribution is -2.48. The SMILES string of the molecule is CC(C)(C)C(CCCC(=O)O)NC(=O)C(F)(F)F. The molecule has 0 saturated carbocycles. The van der Waals surface area contributed by atoms with Crippen molar-refractivity contribution in [3.8, 4) is 0 Å². The molecule has 18 heavy (non-hydrogen) atoms. The summed E-state index contributed by atoms with van der Waals surface area (Å²) in [6.45, 7) is 5.07. The molecule has 0 aliphatic heterocycles. The molecule has 0 heterocycles. The summed E-state index contributed by atoms with van der Waals surface area (Å²) < 4.78 is 36.4. The maximum absolute atomic E-state index is 12.1. The largest absolute Gasteiger partial charge is 0.481 e. The van der Waals surface area contributed by atoms with Crippen LogP contribution in [0.5, 0.6) is 0 Å². The van der Waals surface area contributed by atoms with Gasteiger partial charge in [0, 0.05) is 12.5 Å². The van der Waals surface area contributed by atoms with E-state index in [4.69, 9.17) is 5.11 Å². The van der Waals surface area contributed by atoms with Gasteiger partial charge in [-0.05, 0) is 18.3 Å². The first-order chi connectivity index (χ1) is 7.94. The van der Waals surface area contributed by atoms with Crippen LogP contribution in [-0.2, 0) is 9.59 Å². The predicted octanol–water partition coefficient (Wildman–Crippen LogP) is 2.33. The first kappa shape index (κ1) is 16.7. The molecule has 2 N–H and O–H groups in total. The number of hydrogen-bond donors (Lipinski definition) is 2. The number of amides is 1. The minimum absolute atomic E-state index is 0.130. The minimum atomic E-state index is -4.92. The van der Waals surface area contributed by atoms with E-state index in [-0.39, 0.29) is 19.3 Å². The van der Waals surface area contributed by atoms with Crippen molar-refractivity contribution >= 4 is 11.9 Å². The molecule has 0 aromatic carbocycles. The molecule has 0 aliphatic carbocycles. The van der Waals surface area contributed by atoms with E-state index in [1.807, 2.05) is 5.32 Å². The molecule has 1 amide bonds. The van der Waals surface area contributed by atoms with Gasteiger partial charge in [-0.3, -0.25) is 9.59 Å². The van der Waals surface area contributed by atoms with E-state index in [9.17, 15) is 22.8 Å². The molecule has 0 rings (SSSR count). The number of carbonyl (C=O) groups is 2. The zero-order valence-corrected chi connectivity index (χ0v) is 10.6. The third-order valence-electron chi connectivity index (χ3n) is 2.49. The van der Waals surface area contributed by atoms with Gasteiger partial charge in [0.1, 0.15) is 0 Å². The maximum Gasteiger partial charge on any atom is 0.471 e. The fourth-order valence-electron chi connectivity index (χ4n) is 1.42. The molecule has 1 atom stereocenters. The molecule has 1 unspecified atom stereocenters. The minimum Gasteiger partial charge on any atom is -0.481 e. The predicted molar refractivity (Wildman–Crippen MR) is 58.9 cm³/mol. The standard InChI is InChI=1S/C11H18F3NO3/c1-10(2,3)7(5-4-6-8(16)17)15-9(18)11(12,13)14/h7H,4-6H2,1-3H3,(H,15,18)(H,16,17). The van der Waals surface area contributed by atoms with Gasteiger partial charge in [0.15, 0.2) is 0 Å². The Balaban J connectivity index is 4.52. The topological polar surface area (TPSA) is 66.4 Å². The highest BCUT2D eigenvalue weighted by Gasteiger charge is 2.41. The Bertz CT molecular complexity index is 308. The molecule has 0 spiro atoms. The van der Waals surface area contributed by atoms with Crippen molar-refractivity contribution in [2.45, 2.75) is 52.3 Å². The first-order valence-corrected chi connectivity index (χ1v) is 5.54. The van der Waals surface area contributed by atoms with E-state index in [0.29, 0.717) is 0 Å². The van der Waals surface area contributed by atoms with Crippen molar-refractivity contribution in [3.05, 3.63) is 0 Å². The summed E-state index contributed by atoms with van der Waals surface area (Å²) >= 11 is 0. The van der Waals surface area contributed by atoms with Gasteiger partial charge in [0.2, 0.25) is 0 Å². The van der Waals surface area contributed by atoms with Gasteiger partial charge in [-0.25, -0.2) is 0 Å². The van der Waals surface area contributed by atoms with E-state index < -0.39 is 29.5 Å². The molecule has 4 nitrogen and oxygen atoms in total. The number of aliphatic carboxylic acids is 1. The molecular formula is C11H18F3NO3. The van der Waals surface area contributed by atoms with Crippen LogP contribution in [0.25, 0.3) is 0 Å². The molecule has 0 fully saturated rings. The van der Waals surface area contributed by atoms with Gasteiger partial charge < -0.3 is 10.4 Å². The van der Waals surface area contributed by atoms with Gasteiger partial charge in [-0.15, -0.1) is 0 Å². The second-order valence-electron chi connectivity index (χ2n) is 5.18. The fraction of sp³-hybridized carbons (Fsp3) is 0.818. The lowest BCUT2D eigenvalue weighted by molar-refractivity contribution is -0.175. The molecule has 0 aliphatic rings. The summed E-state index contributed by atoms with van der Waals surface area (Å²) in [5.41, 5.74) is -0.570. The smallest absolute Gasteiger partial charge is 0.471 e. The van der Waals surface area contributed by atoms with Crippen LogP contribution >= 0.6 is 0 Å². The molecule has 0 aromatic heterocycles. The third kappa shape index (κ3) is 6.46. The third-order valence-corrected chi connectivity index (χ3v) is 2.49. The van der Waals surface area contributed by atoms with Crippen LogP contribution < -0.4 is 5.32 Å². The number of carboxylic acid groups (broad SMARTS) is 1. The molecule has 0 saturated heterocycles. The van der Waals surface area contributed by atoms with Crippen molar-refractivity contribution in [2.75, 3.05) is 0 Å². The Hall–Kier alpha value is -1.27. The van der Waals surface area contributed by atoms with Crippen molar-refractivity contribution in [1.82, 2.24) is 5.32 Å². The zero-order chi connectivity index (χ0) is 14.6. The average Bonchev–Trinajstić information content (AvgIpc) is 2.12. The number of hydrogen-bond acceptors (Lipinski definition) is 2. The van der Waals surface area contributed by atoms with Gasteiger partial charge in [0.25, 0.3) is 0 Å². The number of halogens is 3. The summed E-state index contributed by atoms with van der Waals surface area (Å²) in [6, 6.07) is -0.717. The van der Waals surface area contributed by atoms with Crippen LogP contribution in [0.3, 0.4) is 0 Å². The van der Waals surface area contributed by atoms with Crippen LogP contribution in [0.15, 0.2) is 0 Å². The summed E-state index contributed by atoms with van der Waals surface area (Å²) in [4.78, 5) is 21.2. The summed E-state index contributed by atoms with van der Waals surface area (Å²) in [6.07, 6.45) is -4.64. The van der Waals surface area contributed by atoms with E-state index in [1.54, 1.807) is 20.8 Å². The average molecular weight is 269 g/mol. The monoisotopic (exact) mass is 269 g/mol. The second-order valence-corrected chi connectivity index (χ2v) is 5.18. The molecule has 0 radical (unpaired) electrons. The number of alkyl halides is 3. The highest BCUT2D eigenvalue weighted by Crippen LogP contribution is 2.25. The second kappa shape index (κ2) is 6.06. The Morgan fingerprint density at radius 3 is 2.06 bits per heavy atom. The van der Waals surface area contributed by atoms with Crippen molar-refractivity contribution in [2.24, 2.45) is 5.41 Å². The molecule has 106 valence electrons. The Kier molecular flexibility index (Phi) is 5.63. The lowest BCUT2D eigenvalue weighted by atomic mass is 9.83. The lowest BCUT2D eigenvalue weighted by Gasteiger charge is -2.31. The van der Waals surface area contributed by atoms with Crippen LogP contribution in [0, 0.1) is 5.41 Å². The van der Waals surface area contributed by atoms with Gasteiger partial charge in [-0.1, -0.05) is 20.8 Å². The van der Waals surface area contributed by atoms with Crippen LogP contribution in [0.4, 0.5) is 13.2 Å². The summed E-state index contributed by atoms with van der Waals surface area (Å²) in [7, 11) is 0. The van der Waals surface area contributed by atoms with Crippen molar-refractivity contribution < 1.29 is 27.9 Å². The Morgan fingerprint density at radius 2 is 1.72 bits per heavy atom. The zero-order valence-electron chi connectivity index (χ0n) is 10.6. The van der Waals surface area contributed by atoms with E-state index in [2.05, 4.69) is 0 Å². The van der Waals surface area contributed by atoms with Crippen LogP contribution in [-0.4, -0.2) is 29.2 Å². The van der Waals surface area contributed by atoms with Gasteiger partial charge in [0.05, 0.1) is 0 Å². The number of rotatable bonds is 5. The van der Waals surface area contributed by atoms with E-state index in [0.717, 1.165) is 0 Å². The Morgan fingerprint density at radius 1 is 1.22 bits per heavy atom. The quantitative estimate of drug-likeness (QED) is 0.805. The van der Waals surface area contributed by atoms with Crippen LogP contribution in [0.2, 0.25) is 0 Å². The van der Waals surface area contributed by atoms with Gasteiger partial charge in [-0.2, -0.15) is 13.2 Å². The molecule has 0 bridgehead atoms. The van der Waals surface area contributed by atoms with E-state index in [1.165, 1.54) is 0 Å². The van der Waals surface area contributed by atoms with Crippen LogP contribution in [0.1, 0.15) is 40.0 Å². The molecular weight excluding hydrogens is 251 g/mol. The molecule has 0 aromatic rings. The molecule has 7 heteroatoms. The van der Waals surface area contributed by atoms with Crippen molar-refractivity contribution in [3.63, 3.8) is 0 Å². The highest BCUT2D eigenvalue weighted by atomic mass is 19.4. The van der Waals surface area contributed by atoms with E-state index >= 15 is 0 Å². The number of carboxylic acids is 1. The number of nitrogens with one attached hydrogen (secondary N) is 1. The van der Waals surface area contributed by atoms with Gasteiger partial charge >= 0.3 is 18.1 Å². The summed E-state index contributed by atoms with van der Waals surface area (Å²) in [5, 5.41) is 10.4.